The van der Waals surface area contributed by atoms with Crippen LogP contribution in [0.3, 0.4) is 0 Å². The second-order valence-electron chi connectivity index (χ2n) is 5.69. The molecule has 94 valence electrons. The molecule has 1 aromatic rings. The first kappa shape index (κ1) is 11.3. The number of hydrogen-bond donors (Lipinski definition) is 3. The van der Waals surface area contributed by atoms with Crippen LogP contribution in [0.15, 0.2) is 6.07 Å². The summed E-state index contributed by atoms with van der Waals surface area (Å²) in [6.07, 6.45) is 7.79. The summed E-state index contributed by atoms with van der Waals surface area (Å²) >= 11 is 0. The van der Waals surface area contributed by atoms with Gasteiger partial charge in [-0.25, -0.2) is 0 Å². The zero-order valence-electron chi connectivity index (χ0n) is 10.4. The number of rotatable bonds is 2. The van der Waals surface area contributed by atoms with Gasteiger partial charge in [-0.2, -0.15) is 0 Å². The van der Waals surface area contributed by atoms with E-state index >= 15 is 0 Å². The molecule has 2 aliphatic rings. The Morgan fingerprint density at radius 1 is 1.24 bits per heavy atom. The molecule has 1 unspecified atom stereocenters. The Hall–Kier alpha value is -0.800. The zero-order valence-corrected chi connectivity index (χ0v) is 10.4. The van der Waals surface area contributed by atoms with Gasteiger partial charge in [-0.1, -0.05) is 0 Å². The van der Waals surface area contributed by atoms with E-state index in [1.165, 1.54) is 42.6 Å². The number of fused-ring (bicyclic) bond motifs is 1. The highest BCUT2D eigenvalue weighted by atomic mass is 16.3. The summed E-state index contributed by atoms with van der Waals surface area (Å²) in [5.41, 5.74) is 3.59. The van der Waals surface area contributed by atoms with E-state index in [9.17, 15) is 5.11 Å². The highest BCUT2D eigenvalue weighted by molar-refractivity contribution is 5.29. The molecule has 2 heterocycles. The summed E-state index contributed by atoms with van der Waals surface area (Å²) in [5, 5.41) is 13.8. The van der Waals surface area contributed by atoms with Crippen LogP contribution >= 0.6 is 0 Å². The van der Waals surface area contributed by atoms with Crippen molar-refractivity contribution in [1.29, 1.82) is 0 Å². The highest BCUT2D eigenvalue weighted by Gasteiger charge is 2.30. The third-order valence-electron chi connectivity index (χ3n) is 4.14. The molecular weight excluding hydrogens is 212 g/mol. The first-order chi connectivity index (χ1) is 8.25. The van der Waals surface area contributed by atoms with E-state index in [1.807, 2.05) is 0 Å². The minimum Gasteiger partial charge on any atom is -0.388 e. The van der Waals surface area contributed by atoms with Crippen molar-refractivity contribution in [1.82, 2.24) is 10.3 Å². The maximum absolute atomic E-state index is 10.5. The Morgan fingerprint density at radius 2 is 2.12 bits per heavy atom. The van der Waals surface area contributed by atoms with Gasteiger partial charge in [-0.3, -0.25) is 0 Å². The summed E-state index contributed by atoms with van der Waals surface area (Å²) in [6, 6.07) is 2.28. The molecule has 1 aliphatic heterocycles. The van der Waals surface area contributed by atoms with E-state index in [-0.39, 0.29) is 0 Å². The normalized spacial score (nSPS) is 29.0. The van der Waals surface area contributed by atoms with Crippen molar-refractivity contribution in [2.24, 2.45) is 0 Å². The SMILES string of the molecule is OC1(Cc2cc3c([nH]2)CCCC3)CCCNC1. The predicted molar refractivity (Wildman–Crippen MR) is 68.2 cm³/mol. The van der Waals surface area contributed by atoms with Gasteiger partial charge in [0.15, 0.2) is 0 Å². The van der Waals surface area contributed by atoms with Crippen LogP contribution in [0.2, 0.25) is 0 Å². The van der Waals surface area contributed by atoms with Crippen LogP contribution in [0.25, 0.3) is 0 Å². The summed E-state index contributed by atoms with van der Waals surface area (Å²) < 4.78 is 0. The smallest absolute Gasteiger partial charge is 0.0826 e. The third kappa shape index (κ3) is 2.40. The topological polar surface area (TPSA) is 48.0 Å². The molecule has 0 radical (unpaired) electrons. The summed E-state index contributed by atoms with van der Waals surface area (Å²) in [7, 11) is 0. The fraction of sp³-hybridized carbons (Fsp3) is 0.714. The van der Waals surface area contributed by atoms with Crippen molar-refractivity contribution < 1.29 is 5.11 Å². The number of nitrogens with one attached hydrogen (secondary N) is 2. The van der Waals surface area contributed by atoms with Crippen molar-refractivity contribution in [3.8, 4) is 0 Å². The average molecular weight is 234 g/mol. The maximum atomic E-state index is 10.5. The van der Waals surface area contributed by atoms with Crippen molar-refractivity contribution in [3.63, 3.8) is 0 Å². The van der Waals surface area contributed by atoms with Crippen molar-refractivity contribution >= 4 is 0 Å². The van der Waals surface area contributed by atoms with E-state index in [4.69, 9.17) is 0 Å². The lowest BCUT2D eigenvalue weighted by molar-refractivity contribution is 0.0162. The van der Waals surface area contributed by atoms with Gasteiger partial charge in [-0.05, 0) is 56.7 Å². The molecule has 1 aliphatic carbocycles. The van der Waals surface area contributed by atoms with Gasteiger partial charge in [0.25, 0.3) is 0 Å². The Balaban J connectivity index is 1.73. The zero-order chi connectivity index (χ0) is 11.7. The second kappa shape index (κ2) is 4.46. The van der Waals surface area contributed by atoms with E-state index in [0.29, 0.717) is 0 Å². The number of aliphatic hydroxyl groups is 1. The van der Waals surface area contributed by atoms with Crippen molar-refractivity contribution in [2.45, 2.75) is 50.5 Å². The lowest BCUT2D eigenvalue weighted by Gasteiger charge is -2.32. The van der Waals surface area contributed by atoms with Gasteiger partial charge < -0.3 is 15.4 Å². The number of aromatic amines is 1. The molecule has 1 atom stereocenters. The lowest BCUT2D eigenvalue weighted by atomic mass is 9.89. The van der Waals surface area contributed by atoms with Crippen LogP contribution in [0, 0.1) is 0 Å². The Labute approximate surface area is 103 Å². The standard InChI is InChI=1S/C14H22N2O/c17-14(6-3-7-15-10-14)9-12-8-11-4-1-2-5-13(11)16-12/h8,15-17H,1-7,9-10H2. The molecule has 0 aromatic carbocycles. The van der Waals surface area contributed by atoms with Crippen LogP contribution < -0.4 is 5.32 Å². The first-order valence-electron chi connectivity index (χ1n) is 6.88. The number of hydrogen-bond acceptors (Lipinski definition) is 2. The molecule has 0 spiro atoms. The van der Waals surface area contributed by atoms with Crippen LogP contribution in [0.5, 0.6) is 0 Å². The van der Waals surface area contributed by atoms with E-state index in [2.05, 4.69) is 16.4 Å². The van der Waals surface area contributed by atoms with Crippen molar-refractivity contribution in [3.05, 3.63) is 23.0 Å². The number of aromatic nitrogens is 1. The van der Waals surface area contributed by atoms with E-state index in [1.54, 1.807) is 0 Å². The number of aryl methyl sites for hydroxylation is 2. The number of H-pyrrole nitrogens is 1. The Bertz CT molecular complexity index is 367. The van der Waals surface area contributed by atoms with Crippen LogP contribution in [-0.4, -0.2) is 28.8 Å². The van der Waals surface area contributed by atoms with E-state index in [0.717, 1.165) is 32.4 Å². The highest BCUT2D eigenvalue weighted by Crippen LogP contribution is 2.26. The third-order valence-corrected chi connectivity index (χ3v) is 4.14. The Morgan fingerprint density at radius 3 is 2.88 bits per heavy atom. The van der Waals surface area contributed by atoms with Crippen LogP contribution in [0.4, 0.5) is 0 Å². The summed E-state index contributed by atoms with van der Waals surface area (Å²) in [5.74, 6) is 0. The minimum absolute atomic E-state index is 0.536. The number of β-amino-alcohol motifs (C(OH)–C–C–N with tert-alkyl or cyclic N) is 1. The molecule has 3 nitrogen and oxygen atoms in total. The molecule has 1 fully saturated rings. The fourth-order valence-electron chi connectivity index (χ4n) is 3.22. The van der Waals surface area contributed by atoms with E-state index < -0.39 is 5.60 Å². The fourth-order valence-corrected chi connectivity index (χ4v) is 3.22. The second-order valence-corrected chi connectivity index (χ2v) is 5.69. The van der Waals surface area contributed by atoms with Gasteiger partial charge in [0.1, 0.15) is 0 Å². The maximum Gasteiger partial charge on any atom is 0.0826 e. The number of piperidine rings is 1. The van der Waals surface area contributed by atoms with Crippen LogP contribution in [-0.2, 0) is 19.3 Å². The van der Waals surface area contributed by atoms with Gasteiger partial charge in [0.2, 0.25) is 0 Å². The lowest BCUT2D eigenvalue weighted by Crippen LogP contribution is -2.47. The predicted octanol–water partition coefficient (Wildman–Crippen LogP) is 1.55. The molecule has 1 aromatic heterocycles. The minimum atomic E-state index is -0.536. The quantitative estimate of drug-likeness (QED) is 0.727. The monoisotopic (exact) mass is 234 g/mol. The first-order valence-corrected chi connectivity index (χ1v) is 6.88. The van der Waals surface area contributed by atoms with Gasteiger partial charge in [-0.15, -0.1) is 0 Å². The average Bonchev–Trinajstić information content (AvgIpc) is 2.71. The molecule has 0 saturated carbocycles. The molecule has 17 heavy (non-hydrogen) atoms. The molecule has 3 rings (SSSR count). The summed E-state index contributed by atoms with van der Waals surface area (Å²) in [6.45, 7) is 1.78. The van der Waals surface area contributed by atoms with Crippen molar-refractivity contribution in [2.75, 3.05) is 13.1 Å². The van der Waals surface area contributed by atoms with Crippen LogP contribution in [0.1, 0.15) is 42.6 Å². The molecule has 1 saturated heterocycles. The molecule has 3 N–H and O–H groups in total. The molecule has 0 amide bonds. The molecular formula is C14H22N2O. The van der Waals surface area contributed by atoms with Gasteiger partial charge in [0, 0.05) is 24.4 Å². The molecule has 3 heteroatoms. The van der Waals surface area contributed by atoms with Gasteiger partial charge >= 0.3 is 0 Å². The summed E-state index contributed by atoms with van der Waals surface area (Å²) in [4.78, 5) is 3.52. The largest absolute Gasteiger partial charge is 0.388 e. The Kier molecular flexibility index (Phi) is 2.97. The molecule has 0 bridgehead atoms. The van der Waals surface area contributed by atoms with Gasteiger partial charge in [0.05, 0.1) is 5.60 Å².